The van der Waals surface area contributed by atoms with Crippen molar-refractivity contribution in [1.82, 2.24) is 40.2 Å². The van der Waals surface area contributed by atoms with Crippen LogP contribution < -0.4 is 25.0 Å². The average molecular weight is 951 g/mol. The number of nitriles is 1. The number of nitrogens with zero attached hydrogens (tertiary/aromatic N) is 8. The molecular formula is C46H45Cl2N11O8. The predicted molar refractivity (Wildman–Crippen MR) is 245 cm³/mol. The number of amides is 5. The molecule has 3 fully saturated rings. The van der Waals surface area contributed by atoms with Crippen molar-refractivity contribution in [2.45, 2.75) is 51.0 Å². The van der Waals surface area contributed by atoms with Crippen LogP contribution in [0.5, 0.6) is 11.5 Å². The summed E-state index contributed by atoms with van der Waals surface area (Å²) in [7, 11) is 1.54. The average Bonchev–Trinajstić information content (AvgIpc) is 3.86. The number of aromatic nitrogens is 4. The van der Waals surface area contributed by atoms with Gasteiger partial charge in [-0.1, -0.05) is 23.2 Å². The Bertz CT molecular complexity index is 2830. The van der Waals surface area contributed by atoms with Gasteiger partial charge >= 0.3 is 0 Å². The van der Waals surface area contributed by atoms with E-state index in [-0.39, 0.29) is 42.3 Å². The van der Waals surface area contributed by atoms with E-state index in [1.165, 1.54) is 31.6 Å². The summed E-state index contributed by atoms with van der Waals surface area (Å²) >= 11 is 12.8. The second-order valence-corrected chi connectivity index (χ2v) is 17.6. The van der Waals surface area contributed by atoms with Gasteiger partial charge in [-0.15, -0.1) is 0 Å². The molecule has 3 aromatic heterocycles. The van der Waals surface area contributed by atoms with Crippen molar-refractivity contribution >= 4 is 75.1 Å². The van der Waals surface area contributed by atoms with Crippen molar-refractivity contribution in [2.75, 3.05) is 63.1 Å². The molecule has 2 aromatic carbocycles. The van der Waals surface area contributed by atoms with Crippen molar-refractivity contribution < 1.29 is 38.6 Å². The molecule has 0 aliphatic carbocycles. The first-order chi connectivity index (χ1) is 32.3. The molecular weight excluding hydrogens is 905 g/mol. The minimum atomic E-state index is -1.06. The van der Waals surface area contributed by atoms with Gasteiger partial charge in [0.25, 0.3) is 11.8 Å². The number of anilines is 2. The number of ether oxygens (including phenoxy) is 2. The molecule has 4 aliphatic rings. The van der Waals surface area contributed by atoms with Crippen molar-refractivity contribution in [3.8, 4) is 28.8 Å². The number of aliphatic hydroxyl groups is 1. The minimum Gasteiger partial charge on any atom is -0.493 e. The molecule has 3 saturated heterocycles. The first-order valence-corrected chi connectivity index (χ1v) is 22.6. The monoisotopic (exact) mass is 949 g/mol. The highest BCUT2D eigenvalue weighted by molar-refractivity contribution is 6.35. The zero-order valence-electron chi connectivity index (χ0n) is 36.4. The van der Waals surface area contributed by atoms with Gasteiger partial charge in [-0.2, -0.15) is 10.4 Å². The van der Waals surface area contributed by atoms with Crippen LogP contribution >= 0.6 is 23.2 Å². The first-order valence-electron chi connectivity index (χ1n) is 21.8. The molecule has 2 unspecified atom stereocenters. The summed E-state index contributed by atoms with van der Waals surface area (Å²) in [5, 5.41) is 35.7. The fourth-order valence-corrected chi connectivity index (χ4v) is 9.91. The Morgan fingerprint density at radius 3 is 2.39 bits per heavy atom. The number of fused-ring (bicyclic) bond motifs is 2. The third kappa shape index (κ3) is 8.80. The Morgan fingerprint density at radius 1 is 0.955 bits per heavy atom. The van der Waals surface area contributed by atoms with Gasteiger partial charge in [-0.25, -0.2) is 4.98 Å². The number of methoxy groups -OCH3 is 1. The topological polar surface area (TPSA) is 239 Å². The molecule has 4 N–H and O–H groups in total. The summed E-state index contributed by atoms with van der Waals surface area (Å²) in [6.45, 7) is 4.85. The van der Waals surface area contributed by atoms with E-state index in [0.29, 0.717) is 118 Å². The summed E-state index contributed by atoms with van der Waals surface area (Å²) in [4.78, 5) is 79.5. The summed E-state index contributed by atoms with van der Waals surface area (Å²) in [6.07, 6.45) is 4.49. The number of piperidine rings is 2. The van der Waals surface area contributed by atoms with Crippen molar-refractivity contribution in [3.05, 3.63) is 87.3 Å². The Hall–Kier alpha value is -6.85. The Kier molecular flexibility index (Phi) is 12.7. The normalized spacial score (nSPS) is 19.0. The molecule has 4 aliphatic heterocycles. The molecule has 0 bridgehead atoms. The second-order valence-electron chi connectivity index (χ2n) is 16.8. The molecule has 5 amide bonds. The molecule has 0 saturated carbocycles. The Morgan fingerprint density at radius 2 is 1.69 bits per heavy atom. The maximum Gasteiger partial charge on any atom is 0.262 e. The number of carbonyl (C=O) groups excluding carboxylic acids is 5. The van der Waals surface area contributed by atoms with Gasteiger partial charge < -0.3 is 29.7 Å². The highest BCUT2D eigenvalue weighted by atomic mass is 35.5. The maximum atomic E-state index is 13.7. The largest absolute Gasteiger partial charge is 0.493 e. The molecule has 9 rings (SSSR count). The van der Waals surface area contributed by atoms with Crippen LogP contribution in [0.4, 0.5) is 11.5 Å². The lowest BCUT2D eigenvalue weighted by Crippen LogP contribution is -2.54. The smallest absolute Gasteiger partial charge is 0.262 e. The predicted octanol–water partition coefficient (Wildman–Crippen LogP) is 4.54. The van der Waals surface area contributed by atoms with Crippen LogP contribution in [0.15, 0.2) is 55.0 Å². The number of piperazine rings is 1. The number of rotatable bonds is 12. The van der Waals surface area contributed by atoms with Gasteiger partial charge in [0.05, 0.1) is 45.9 Å². The third-order valence-electron chi connectivity index (χ3n) is 12.8. The van der Waals surface area contributed by atoms with Crippen molar-refractivity contribution in [1.29, 1.82) is 5.26 Å². The lowest BCUT2D eigenvalue weighted by Gasteiger charge is -2.40. The van der Waals surface area contributed by atoms with Gasteiger partial charge in [0.1, 0.15) is 36.0 Å². The van der Waals surface area contributed by atoms with E-state index >= 15 is 0 Å². The summed E-state index contributed by atoms with van der Waals surface area (Å²) in [6, 6.07) is 11.3. The first kappa shape index (κ1) is 45.3. The number of carbonyl (C=O) groups is 5. The van der Waals surface area contributed by atoms with Crippen LogP contribution in [-0.2, 0) is 14.4 Å². The molecule has 67 heavy (non-hydrogen) atoms. The zero-order valence-corrected chi connectivity index (χ0v) is 37.9. The molecule has 19 nitrogen and oxygen atoms in total. The standard InChI is InChI=1S/C46H45Cl2N11O8/c1-24(40-32(47)21-50-22-33(40)48)67-37-17-31-34(18-36(37)66-2)54-55-41(31)27-15-26(19-49)42(52-20-27)57-11-13-58(14-12-57)44(63)25-7-9-56(10-8-25)39(61)23-51-28-3-4-29-30(16-28)46(65)59(45(29)64)35-5-6-38(60)53-43(35)62/h3-4,15-18,20-22,24-25,35,39,51,61H,5-14,23H2,1-2H3,(H,54,55)(H,53,60,62)/t24-,35?,39?/m1/s1. The number of nitrogens with one attached hydrogen (secondary N) is 3. The Balaban J connectivity index is 0.775. The third-order valence-corrected chi connectivity index (χ3v) is 13.4. The van der Waals surface area contributed by atoms with E-state index in [2.05, 4.69) is 31.9 Å². The van der Waals surface area contributed by atoms with E-state index in [1.807, 2.05) is 27.7 Å². The fraction of sp³-hybridized carbons (Fsp3) is 0.370. The van der Waals surface area contributed by atoms with Gasteiger partial charge in [0.2, 0.25) is 17.7 Å². The highest BCUT2D eigenvalue weighted by Gasteiger charge is 2.45. The number of aliphatic hydroxyl groups excluding tert-OH is 1. The number of imide groups is 2. The van der Waals surface area contributed by atoms with Crippen molar-refractivity contribution in [2.24, 2.45) is 5.92 Å². The van der Waals surface area contributed by atoms with E-state index in [9.17, 15) is 34.3 Å². The van der Waals surface area contributed by atoms with Gasteiger partial charge in [0.15, 0.2) is 11.5 Å². The number of H-pyrrole nitrogens is 1. The lowest BCUT2D eigenvalue weighted by atomic mass is 9.94. The van der Waals surface area contributed by atoms with Gasteiger partial charge in [-0.05, 0) is 56.5 Å². The second kappa shape index (κ2) is 18.8. The molecule has 5 aromatic rings. The minimum absolute atomic E-state index is 0.0316. The van der Waals surface area contributed by atoms with Gasteiger partial charge in [-0.3, -0.25) is 49.2 Å². The number of likely N-dealkylation sites (tertiary alicyclic amines) is 1. The van der Waals surface area contributed by atoms with Crippen LogP contribution in [0.2, 0.25) is 10.0 Å². The highest BCUT2D eigenvalue weighted by Crippen LogP contribution is 2.40. The quantitative estimate of drug-likeness (QED) is 0.126. The molecule has 346 valence electrons. The van der Waals surface area contributed by atoms with Gasteiger partial charge in [0, 0.05) is 98.5 Å². The molecule has 0 spiro atoms. The number of halogens is 2. The van der Waals surface area contributed by atoms with Crippen LogP contribution in [0.3, 0.4) is 0 Å². The number of pyridine rings is 2. The van der Waals surface area contributed by atoms with E-state index in [4.69, 9.17) is 37.7 Å². The molecule has 3 atom stereocenters. The molecule has 21 heteroatoms. The van der Waals surface area contributed by atoms with Crippen molar-refractivity contribution in [3.63, 3.8) is 0 Å². The Labute approximate surface area is 393 Å². The van der Waals surface area contributed by atoms with E-state index in [0.717, 1.165) is 4.90 Å². The number of hydrogen-bond acceptors (Lipinski definition) is 15. The zero-order chi connectivity index (χ0) is 47.1. The number of aromatic amines is 1. The lowest BCUT2D eigenvalue weighted by molar-refractivity contribution is -0.138. The van der Waals surface area contributed by atoms with E-state index in [1.54, 1.807) is 24.4 Å². The van der Waals surface area contributed by atoms with E-state index < -0.39 is 42.0 Å². The summed E-state index contributed by atoms with van der Waals surface area (Å²) in [5.41, 5.74) is 3.64. The van der Waals surface area contributed by atoms with Crippen LogP contribution in [-0.4, -0.2) is 135 Å². The summed E-state index contributed by atoms with van der Waals surface area (Å²) in [5.74, 6) is -1.04. The molecule has 7 heterocycles. The summed E-state index contributed by atoms with van der Waals surface area (Å²) < 4.78 is 12.0. The SMILES string of the molecule is COc1cc2[nH]nc(-c3cnc(N4CCN(C(=O)C5CCN(C(O)CNc6ccc7c(c6)C(=O)N(C6CCC(=O)NC6=O)C7=O)CC5)CC4)c(C#N)c3)c2cc1O[C@H](C)c1c(Cl)cncc1Cl. The maximum absolute atomic E-state index is 13.7. The van der Waals surface area contributed by atoms with Crippen LogP contribution in [0.1, 0.15) is 70.6 Å². The fourth-order valence-electron chi connectivity index (χ4n) is 9.24. The van der Waals surface area contributed by atoms with Crippen LogP contribution in [0.25, 0.3) is 22.2 Å². The van der Waals surface area contributed by atoms with Crippen LogP contribution in [0, 0.1) is 17.2 Å². The number of hydrogen-bond donors (Lipinski definition) is 4. The number of benzene rings is 2. The molecule has 0 radical (unpaired) electrons.